The van der Waals surface area contributed by atoms with Gasteiger partial charge in [0.25, 0.3) is 0 Å². The van der Waals surface area contributed by atoms with Crippen molar-refractivity contribution in [2.45, 2.75) is 51.3 Å². The minimum Gasteiger partial charge on any atom is -0.462 e. The molecule has 0 saturated carbocycles. The highest BCUT2D eigenvalue weighted by Gasteiger charge is 2.29. The van der Waals surface area contributed by atoms with Gasteiger partial charge < -0.3 is 9.64 Å². The molecule has 0 spiro atoms. The monoisotopic (exact) mass is 443 g/mol. The topological polar surface area (TPSA) is 63.7 Å². The number of esters is 1. The molecule has 0 heterocycles. The molecule has 168 valence electrons. The van der Waals surface area contributed by atoms with Crippen LogP contribution in [0.15, 0.2) is 70.6 Å². The lowest BCUT2D eigenvalue weighted by Crippen LogP contribution is -2.20. The summed E-state index contributed by atoms with van der Waals surface area (Å²) in [6.07, 6.45) is 9.13. The SMILES string of the molecule is CCCCN(/C=C/C=C(/C(=O)OCC)S(=O)(=O)c1cccc2ccccc12)CCCC. The van der Waals surface area contributed by atoms with Crippen molar-refractivity contribution in [1.29, 1.82) is 0 Å². The maximum Gasteiger partial charge on any atom is 0.350 e. The van der Waals surface area contributed by atoms with Gasteiger partial charge in [0.15, 0.2) is 4.91 Å². The summed E-state index contributed by atoms with van der Waals surface area (Å²) < 4.78 is 32.0. The number of fused-ring (bicyclic) bond motifs is 1. The van der Waals surface area contributed by atoms with Crippen molar-refractivity contribution in [2.24, 2.45) is 0 Å². The average Bonchev–Trinajstić information content (AvgIpc) is 2.77. The van der Waals surface area contributed by atoms with E-state index in [1.165, 1.54) is 12.1 Å². The first-order valence-electron chi connectivity index (χ1n) is 11.0. The molecule has 5 nitrogen and oxygen atoms in total. The summed E-state index contributed by atoms with van der Waals surface area (Å²) in [5.41, 5.74) is 0. The molecule has 31 heavy (non-hydrogen) atoms. The lowest BCUT2D eigenvalue weighted by atomic mass is 10.1. The van der Waals surface area contributed by atoms with Gasteiger partial charge in [-0.25, -0.2) is 13.2 Å². The van der Waals surface area contributed by atoms with E-state index in [2.05, 4.69) is 18.7 Å². The molecule has 0 N–H and O–H groups in total. The molecular formula is C25H33NO4S. The van der Waals surface area contributed by atoms with Crippen LogP contribution in [0.3, 0.4) is 0 Å². The van der Waals surface area contributed by atoms with E-state index in [0.29, 0.717) is 5.39 Å². The zero-order chi connectivity index (χ0) is 22.7. The van der Waals surface area contributed by atoms with Crippen molar-refractivity contribution in [3.8, 4) is 0 Å². The Hall–Kier alpha value is -2.60. The van der Waals surface area contributed by atoms with Crippen LogP contribution in [0.1, 0.15) is 46.5 Å². The maximum atomic E-state index is 13.5. The predicted octanol–water partition coefficient (Wildman–Crippen LogP) is 5.48. The Labute approximate surface area is 186 Å². The van der Waals surface area contributed by atoms with Gasteiger partial charge >= 0.3 is 5.97 Å². The fourth-order valence-corrected chi connectivity index (χ4v) is 4.76. The van der Waals surface area contributed by atoms with Crippen molar-refractivity contribution in [1.82, 2.24) is 4.90 Å². The van der Waals surface area contributed by atoms with E-state index < -0.39 is 15.8 Å². The Morgan fingerprint density at radius 1 is 0.968 bits per heavy atom. The van der Waals surface area contributed by atoms with Gasteiger partial charge in [0.2, 0.25) is 9.84 Å². The number of nitrogens with zero attached hydrogens (tertiary/aromatic N) is 1. The van der Waals surface area contributed by atoms with Crippen LogP contribution in [0, 0.1) is 0 Å². The Kier molecular flexibility index (Phi) is 9.79. The first kappa shape index (κ1) is 24.7. The molecule has 2 rings (SSSR count). The van der Waals surface area contributed by atoms with Crippen LogP contribution in [0.5, 0.6) is 0 Å². The van der Waals surface area contributed by atoms with Crippen LogP contribution >= 0.6 is 0 Å². The second-order valence-corrected chi connectivity index (χ2v) is 9.20. The summed E-state index contributed by atoms with van der Waals surface area (Å²) in [6, 6.07) is 12.3. The van der Waals surface area contributed by atoms with Crippen LogP contribution in [0.2, 0.25) is 0 Å². The average molecular weight is 444 g/mol. The highest BCUT2D eigenvalue weighted by molar-refractivity contribution is 7.96. The highest BCUT2D eigenvalue weighted by Crippen LogP contribution is 2.28. The lowest BCUT2D eigenvalue weighted by Gasteiger charge is -2.19. The summed E-state index contributed by atoms with van der Waals surface area (Å²) >= 11 is 0. The molecule has 0 fully saturated rings. The van der Waals surface area contributed by atoms with Gasteiger partial charge in [0.1, 0.15) is 0 Å². The van der Waals surface area contributed by atoms with E-state index in [-0.39, 0.29) is 16.4 Å². The Bertz CT molecular complexity index is 1010. The quantitative estimate of drug-likeness (QED) is 0.247. The Morgan fingerprint density at radius 2 is 1.61 bits per heavy atom. The predicted molar refractivity (Wildman–Crippen MR) is 126 cm³/mol. The van der Waals surface area contributed by atoms with Gasteiger partial charge in [-0.05, 0) is 49.6 Å². The van der Waals surface area contributed by atoms with Crippen molar-refractivity contribution in [2.75, 3.05) is 19.7 Å². The summed E-state index contributed by atoms with van der Waals surface area (Å²) in [5.74, 6) is -0.839. The first-order chi connectivity index (χ1) is 15.0. The minimum atomic E-state index is -4.06. The molecule has 0 aromatic heterocycles. The number of rotatable bonds is 12. The summed E-state index contributed by atoms with van der Waals surface area (Å²) in [7, 11) is -4.06. The van der Waals surface area contributed by atoms with Gasteiger partial charge in [0.05, 0.1) is 11.5 Å². The number of hydrogen-bond acceptors (Lipinski definition) is 5. The highest BCUT2D eigenvalue weighted by atomic mass is 32.2. The van der Waals surface area contributed by atoms with E-state index in [4.69, 9.17) is 4.74 Å². The molecule has 0 aliphatic heterocycles. The summed E-state index contributed by atoms with van der Waals surface area (Å²) in [4.78, 5) is 14.5. The molecular weight excluding hydrogens is 410 g/mol. The summed E-state index contributed by atoms with van der Waals surface area (Å²) in [6.45, 7) is 7.82. The van der Waals surface area contributed by atoms with Crippen molar-refractivity contribution in [3.05, 3.63) is 65.7 Å². The van der Waals surface area contributed by atoms with Crippen molar-refractivity contribution in [3.63, 3.8) is 0 Å². The van der Waals surface area contributed by atoms with E-state index >= 15 is 0 Å². The zero-order valence-corrected chi connectivity index (χ0v) is 19.5. The molecule has 2 aromatic carbocycles. The van der Waals surface area contributed by atoms with Crippen molar-refractivity contribution >= 4 is 26.6 Å². The van der Waals surface area contributed by atoms with Gasteiger partial charge in [-0.15, -0.1) is 0 Å². The van der Waals surface area contributed by atoms with Crippen LogP contribution < -0.4 is 0 Å². The third-order valence-corrected chi connectivity index (χ3v) is 6.76. The van der Waals surface area contributed by atoms with Gasteiger partial charge in [-0.3, -0.25) is 0 Å². The number of carbonyl (C=O) groups excluding carboxylic acids is 1. The number of allylic oxidation sites excluding steroid dienone is 2. The molecule has 0 aliphatic rings. The number of carbonyl (C=O) groups is 1. The lowest BCUT2D eigenvalue weighted by molar-refractivity contribution is -0.137. The van der Waals surface area contributed by atoms with E-state index in [0.717, 1.165) is 44.2 Å². The number of hydrogen-bond donors (Lipinski definition) is 0. The molecule has 0 aliphatic carbocycles. The first-order valence-corrected chi connectivity index (χ1v) is 12.5. The third kappa shape index (κ3) is 6.69. The fraction of sp³-hybridized carbons (Fsp3) is 0.400. The Balaban J connectivity index is 2.45. The van der Waals surface area contributed by atoms with Crippen LogP contribution in [0.25, 0.3) is 10.8 Å². The number of ether oxygens (including phenoxy) is 1. The van der Waals surface area contributed by atoms with Gasteiger partial charge in [0, 0.05) is 18.5 Å². The van der Waals surface area contributed by atoms with Crippen molar-refractivity contribution < 1.29 is 17.9 Å². The molecule has 0 bridgehead atoms. The number of unbranched alkanes of at least 4 members (excludes halogenated alkanes) is 2. The zero-order valence-electron chi connectivity index (χ0n) is 18.7. The van der Waals surface area contributed by atoms with Crippen LogP contribution in [-0.4, -0.2) is 39.0 Å². The normalized spacial score (nSPS) is 12.4. The molecule has 0 radical (unpaired) electrons. The molecule has 0 unspecified atom stereocenters. The molecule has 0 atom stereocenters. The smallest absolute Gasteiger partial charge is 0.350 e. The van der Waals surface area contributed by atoms with Crippen LogP contribution in [-0.2, 0) is 19.4 Å². The van der Waals surface area contributed by atoms with E-state index in [9.17, 15) is 13.2 Å². The van der Waals surface area contributed by atoms with E-state index in [1.807, 2.05) is 24.4 Å². The Morgan fingerprint density at radius 3 is 2.26 bits per heavy atom. The number of sulfone groups is 1. The molecule has 2 aromatic rings. The third-order valence-electron chi connectivity index (χ3n) is 4.95. The van der Waals surface area contributed by atoms with Gasteiger partial charge in [-0.1, -0.05) is 63.1 Å². The fourth-order valence-electron chi connectivity index (χ4n) is 3.25. The second kappa shape index (κ2) is 12.3. The molecule has 0 saturated heterocycles. The number of benzene rings is 2. The molecule has 0 amide bonds. The van der Waals surface area contributed by atoms with Gasteiger partial charge in [-0.2, -0.15) is 0 Å². The second-order valence-electron chi connectivity index (χ2n) is 7.32. The minimum absolute atomic E-state index is 0.101. The standard InChI is InChI=1S/C25H33NO4S/c1-4-7-18-26(19-8-5-2)20-12-17-24(25(27)30-6-3)31(28,29)23-16-11-14-21-13-9-10-15-22(21)23/h9-17,20H,4-8,18-19H2,1-3H3/b20-12+,24-17-. The largest absolute Gasteiger partial charge is 0.462 e. The maximum absolute atomic E-state index is 13.5. The molecule has 6 heteroatoms. The van der Waals surface area contributed by atoms with E-state index in [1.54, 1.807) is 31.2 Å². The van der Waals surface area contributed by atoms with Crippen LogP contribution in [0.4, 0.5) is 0 Å². The summed E-state index contributed by atoms with van der Waals surface area (Å²) in [5, 5.41) is 1.38.